The SMILES string of the molecule is CCc1c(-c2ccc(F)cc2)c(C(N)=O)c(C)n1C(C)C. The molecule has 2 N–H and O–H groups in total. The zero-order chi connectivity index (χ0) is 15.7. The standard InChI is InChI=1S/C17H21FN2O/c1-5-14-16(12-6-8-13(18)9-7-12)15(17(19)21)11(4)20(14)10(2)3/h6-10H,5H2,1-4H3,(H2,19,21). The minimum atomic E-state index is -0.444. The molecule has 1 aromatic carbocycles. The number of nitrogens with two attached hydrogens (primary N) is 1. The molecule has 0 aliphatic heterocycles. The molecule has 0 aliphatic carbocycles. The maximum atomic E-state index is 13.2. The highest BCUT2D eigenvalue weighted by atomic mass is 19.1. The summed E-state index contributed by atoms with van der Waals surface area (Å²) >= 11 is 0. The molecule has 112 valence electrons. The van der Waals surface area contributed by atoms with Crippen LogP contribution in [0.4, 0.5) is 4.39 Å². The molecular weight excluding hydrogens is 267 g/mol. The molecule has 0 aliphatic rings. The van der Waals surface area contributed by atoms with Crippen molar-refractivity contribution in [2.75, 3.05) is 0 Å². The van der Waals surface area contributed by atoms with Gasteiger partial charge in [-0.15, -0.1) is 0 Å². The minimum absolute atomic E-state index is 0.229. The molecule has 0 atom stereocenters. The number of rotatable bonds is 4. The number of hydrogen-bond donors (Lipinski definition) is 1. The van der Waals surface area contributed by atoms with Gasteiger partial charge in [0, 0.05) is 23.0 Å². The zero-order valence-electron chi connectivity index (χ0n) is 12.9. The van der Waals surface area contributed by atoms with Gasteiger partial charge in [-0.1, -0.05) is 19.1 Å². The summed E-state index contributed by atoms with van der Waals surface area (Å²) in [5.74, 6) is -0.738. The van der Waals surface area contributed by atoms with Crippen molar-refractivity contribution in [1.29, 1.82) is 0 Å². The van der Waals surface area contributed by atoms with Crippen molar-refractivity contribution >= 4 is 5.91 Å². The van der Waals surface area contributed by atoms with Crippen molar-refractivity contribution in [1.82, 2.24) is 4.57 Å². The van der Waals surface area contributed by atoms with E-state index < -0.39 is 5.91 Å². The Labute approximate surface area is 124 Å². The number of amides is 1. The first-order valence-corrected chi connectivity index (χ1v) is 7.17. The lowest BCUT2D eigenvalue weighted by Crippen LogP contribution is -2.14. The molecule has 4 heteroatoms. The topological polar surface area (TPSA) is 48.0 Å². The Bertz CT molecular complexity index is 669. The predicted octanol–water partition coefficient (Wildman–Crippen LogP) is 3.84. The largest absolute Gasteiger partial charge is 0.366 e. The zero-order valence-corrected chi connectivity index (χ0v) is 12.9. The fourth-order valence-corrected chi connectivity index (χ4v) is 3.04. The number of aromatic nitrogens is 1. The van der Waals surface area contributed by atoms with Gasteiger partial charge in [0.25, 0.3) is 5.91 Å². The highest BCUT2D eigenvalue weighted by molar-refractivity contribution is 6.02. The maximum absolute atomic E-state index is 13.2. The molecule has 0 unspecified atom stereocenters. The lowest BCUT2D eigenvalue weighted by molar-refractivity contribution is 0.1000. The Morgan fingerprint density at radius 3 is 2.29 bits per heavy atom. The molecule has 1 amide bonds. The molecule has 0 fully saturated rings. The average molecular weight is 288 g/mol. The Morgan fingerprint density at radius 2 is 1.86 bits per heavy atom. The fourth-order valence-electron chi connectivity index (χ4n) is 3.04. The van der Waals surface area contributed by atoms with Crippen molar-refractivity contribution < 1.29 is 9.18 Å². The van der Waals surface area contributed by atoms with Crippen LogP contribution in [0.25, 0.3) is 11.1 Å². The van der Waals surface area contributed by atoms with E-state index in [9.17, 15) is 9.18 Å². The molecule has 0 spiro atoms. The van der Waals surface area contributed by atoms with Gasteiger partial charge in [-0.2, -0.15) is 0 Å². The second kappa shape index (κ2) is 5.72. The van der Waals surface area contributed by atoms with E-state index in [-0.39, 0.29) is 11.9 Å². The monoisotopic (exact) mass is 288 g/mol. The Kier molecular flexibility index (Phi) is 4.16. The molecule has 2 rings (SSSR count). The van der Waals surface area contributed by atoms with Gasteiger partial charge in [0.15, 0.2) is 0 Å². The molecule has 21 heavy (non-hydrogen) atoms. The molecule has 2 aromatic rings. The number of hydrogen-bond acceptors (Lipinski definition) is 1. The van der Waals surface area contributed by atoms with Crippen LogP contribution < -0.4 is 5.73 Å². The van der Waals surface area contributed by atoms with E-state index in [0.717, 1.165) is 28.9 Å². The maximum Gasteiger partial charge on any atom is 0.251 e. The van der Waals surface area contributed by atoms with Gasteiger partial charge in [0.1, 0.15) is 5.82 Å². The smallest absolute Gasteiger partial charge is 0.251 e. The summed E-state index contributed by atoms with van der Waals surface area (Å²) < 4.78 is 15.3. The number of halogens is 1. The van der Waals surface area contributed by atoms with Crippen LogP contribution in [0.1, 0.15) is 48.6 Å². The summed E-state index contributed by atoms with van der Waals surface area (Å²) in [4.78, 5) is 11.9. The molecule has 1 heterocycles. The third-order valence-electron chi connectivity index (χ3n) is 3.78. The van der Waals surface area contributed by atoms with E-state index >= 15 is 0 Å². The molecule has 1 aromatic heterocycles. The first-order chi connectivity index (χ1) is 9.88. The summed E-state index contributed by atoms with van der Waals surface area (Å²) in [6.07, 6.45) is 0.777. The van der Waals surface area contributed by atoms with Crippen LogP contribution in [0.3, 0.4) is 0 Å². The number of carbonyl (C=O) groups excluding carboxylic acids is 1. The quantitative estimate of drug-likeness (QED) is 0.912. The predicted molar refractivity (Wildman–Crippen MR) is 82.8 cm³/mol. The molecule has 0 saturated carbocycles. The van der Waals surface area contributed by atoms with Crippen LogP contribution in [0.2, 0.25) is 0 Å². The van der Waals surface area contributed by atoms with E-state index in [0.29, 0.717) is 5.56 Å². The summed E-state index contributed by atoms with van der Waals surface area (Å²) in [7, 11) is 0. The van der Waals surface area contributed by atoms with Gasteiger partial charge < -0.3 is 10.3 Å². The first kappa shape index (κ1) is 15.3. The Hall–Kier alpha value is -2.10. The van der Waals surface area contributed by atoms with Crippen molar-refractivity contribution in [3.05, 3.63) is 47.0 Å². The number of carbonyl (C=O) groups is 1. The Balaban J connectivity index is 2.82. The molecular formula is C17H21FN2O. The van der Waals surface area contributed by atoms with Crippen LogP contribution in [0.5, 0.6) is 0 Å². The summed E-state index contributed by atoms with van der Waals surface area (Å²) in [6.45, 7) is 8.11. The van der Waals surface area contributed by atoms with Gasteiger partial charge >= 0.3 is 0 Å². The van der Waals surface area contributed by atoms with Gasteiger partial charge in [-0.3, -0.25) is 4.79 Å². The summed E-state index contributed by atoms with van der Waals surface area (Å²) in [6, 6.07) is 6.43. The van der Waals surface area contributed by atoms with Crippen molar-refractivity contribution in [2.45, 2.75) is 40.2 Å². The molecule has 0 saturated heterocycles. The van der Waals surface area contributed by atoms with Crippen LogP contribution in [-0.2, 0) is 6.42 Å². The van der Waals surface area contributed by atoms with Crippen LogP contribution in [-0.4, -0.2) is 10.5 Å². The molecule has 0 bridgehead atoms. The number of benzene rings is 1. The lowest BCUT2D eigenvalue weighted by atomic mass is 9.99. The third kappa shape index (κ3) is 2.58. The van der Waals surface area contributed by atoms with Crippen LogP contribution in [0.15, 0.2) is 24.3 Å². The number of nitrogens with zero attached hydrogens (tertiary/aromatic N) is 1. The van der Waals surface area contributed by atoms with E-state index in [1.165, 1.54) is 12.1 Å². The second-order valence-electron chi connectivity index (χ2n) is 5.47. The second-order valence-corrected chi connectivity index (χ2v) is 5.47. The fraction of sp³-hybridized carbons (Fsp3) is 0.353. The highest BCUT2D eigenvalue weighted by Crippen LogP contribution is 2.35. The molecule has 0 radical (unpaired) electrons. The van der Waals surface area contributed by atoms with E-state index in [4.69, 9.17) is 5.73 Å². The Morgan fingerprint density at radius 1 is 1.29 bits per heavy atom. The average Bonchev–Trinajstić information content (AvgIpc) is 2.72. The van der Waals surface area contributed by atoms with Gasteiger partial charge in [-0.05, 0) is 44.9 Å². The number of primary amides is 1. The van der Waals surface area contributed by atoms with Gasteiger partial charge in [0.2, 0.25) is 0 Å². The van der Waals surface area contributed by atoms with E-state index in [1.54, 1.807) is 12.1 Å². The van der Waals surface area contributed by atoms with Crippen molar-refractivity contribution in [3.8, 4) is 11.1 Å². The van der Waals surface area contributed by atoms with E-state index in [1.807, 2.05) is 13.8 Å². The minimum Gasteiger partial charge on any atom is -0.366 e. The van der Waals surface area contributed by atoms with Crippen LogP contribution >= 0.6 is 0 Å². The summed E-state index contributed by atoms with van der Waals surface area (Å²) in [5.41, 5.74) is 9.71. The van der Waals surface area contributed by atoms with Crippen molar-refractivity contribution in [3.63, 3.8) is 0 Å². The lowest BCUT2D eigenvalue weighted by Gasteiger charge is -2.15. The molecule has 3 nitrogen and oxygen atoms in total. The van der Waals surface area contributed by atoms with E-state index in [2.05, 4.69) is 18.4 Å². The third-order valence-corrected chi connectivity index (χ3v) is 3.78. The van der Waals surface area contributed by atoms with Gasteiger partial charge in [0.05, 0.1) is 5.56 Å². The van der Waals surface area contributed by atoms with Gasteiger partial charge in [-0.25, -0.2) is 4.39 Å². The normalized spacial score (nSPS) is 11.1. The first-order valence-electron chi connectivity index (χ1n) is 7.17. The highest BCUT2D eigenvalue weighted by Gasteiger charge is 2.24. The van der Waals surface area contributed by atoms with Crippen molar-refractivity contribution in [2.24, 2.45) is 5.73 Å². The van der Waals surface area contributed by atoms with Crippen LogP contribution in [0, 0.1) is 12.7 Å². The summed E-state index contributed by atoms with van der Waals surface area (Å²) in [5, 5.41) is 0.